The minimum Gasteiger partial charge on any atom is -0.290 e. The zero-order valence-corrected chi connectivity index (χ0v) is 11.5. The molecule has 3 atom stereocenters. The number of aliphatic imine (C=N–C) groups is 1. The molecule has 3 nitrogen and oxygen atoms in total. The van der Waals surface area contributed by atoms with E-state index in [2.05, 4.69) is 22.2 Å². The topological polar surface area (TPSA) is 24.8 Å². The summed E-state index contributed by atoms with van der Waals surface area (Å²) in [6.07, 6.45) is 12.2. The number of likely N-dealkylation sites (tertiary alicyclic amines) is 1. The first-order valence-corrected chi connectivity index (χ1v) is 7.42. The van der Waals surface area contributed by atoms with Gasteiger partial charge in [-0.25, -0.2) is 0 Å². The molecule has 1 heterocycles. The zero-order valence-electron chi connectivity index (χ0n) is 10.7. The Bertz CT molecular complexity index is 356. The first-order valence-electron chi connectivity index (χ1n) is 7.11. The van der Waals surface area contributed by atoms with Gasteiger partial charge >= 0.3 is 0 Å². The van der Waals surface area contributed by atoms with E-state index in [0.717, 1.165) is 24.9 Å². The van der Waals surface area contributed by atoms with Gasteiger partial charge in [0.1, 0.15) is 0 Å². The normalized spacial score (nSPS) is 35.8. The van der Waals surface area contributed by atoms with Crippen molar-refractivity contribution >= 4 is 18.1 Å². The highest BCUT2D eigenvalue weighted by Gasteiger charge is 2.40. The third kappa shape index (κ3) is 2.79. The molecule has 0 aromatic heterocycles. The maximum Gasteiger partial charge on any atom is 0.0810 e. The molecule has 0 spiro atoms. The lowest BCUT2D eigenvalue weighted by molar-refractivity contribution is 0.147. The van der Waals surface area contributed by atoms with E-state index >= 15 is 0 Å². The van der Waals surface area contributed by atoms with Crippen LogP contribution >= 0.6 is 11.9 Å². The fourth-order valence-corrected chi connectivity index (χ4v) is 3.61. The van der Waals surface area contributed by atoms with E-state index in [9.17, 15) is 0 Å². The second kappa shape index (κ2) is 5.72. The predicted octanol–water partition coefficient (Wildman–Crippen LogP) is 3.15. The third-order valence-electron chi connectivity index (χ3n) is 4.49. The summed E-state index contributed by atoms with van der Waals surface area (Å²) >= 11 is 5.37. The third-order valence-corrected chi connectivity index (χ3v) is 4.65. The van der Waals surface area contributed by atoms with Gasteiger partial charge in [0, 0.05) is 37.0 Å². The van der Waals surface area contributed by atoms with Crippen molar-refractivity contribution in [3.8, 4) is 0 Å². The largest absolute Gasteiger partial charge is 0.290 e. The van der Waals surface area contributed by atoms with Gasteiger partial charge in [-0.2, -0.15) is 0 Å². The first-order chi connectivity index (χ1) is 8.88. The van der Waals surface area contributed by atoms with Crippen molar-refractivity contribution in [2.75, 3.05) is 13.2 Å². The van der Waals surface area contributed by atoms with Crippen LogP contribution < -0.4 is 0 Å². The van der Waals surface area contributed by atoms with Crippen LogP contribution in [0.3, 0.4) is 0 Å². The summed E-state index contributed by atoms with van der Waals surface area (Å²) in [6.45, 7) is 1.54. The van der Waals surface area contributed by atoms with Crippen molar-refractivity contribution in [3.05, 3.63) is 11.8 Å². The summed E-state index contributed by atoms with van der Waals surface area (Å²) in [7, 11) is 0. The van der Waals surface area contributed by atoms with E-state index in [1.54, 1.807) is 0 Å². The minimum atomic E-state index is 0.492. The molecule has 100 valence electrons. The van der Waals surface area contributed by atoms with Gasteiger partial charge < -0.3 is 0 Å². The first kappa shape index (κ1) is 12.6. The van der Waals surface area contributed by atoms with Crippen molar-refractivity contribution in [3.63, 3.8) is 0 Å². The van der Waals surface area contributed by atoms with Gasteiger partial charge in [-0.3, -0.25) is 14.2 Å². The molecule has 1 aliphatic heterocycles. The van der Waals surface area contributed by atoms with Gasteiger partial charge in [-0.05, 0) is 25.2 Å². The van der Waals surface area contributed by atoms with E-state index in [1.807, 2.05) is 0 Å². The van der Waals surface area contributed by atoms with Crippen LogP contribution in [0.25, 0.3) is 0 Å². The maximum absolute atomic E-state index is 5.37. The molecule has 0 amide bonds. The molecule has 3 rings (SSSR count). The van der Waals surface area contributed by atoms with E-state index in [0.29, 0.717) is 12.6 Å². The zero-order chi connectivity index (χ0) is 12.4. The van der Waals surface area contributed by atoms with Crippen molar-refractivity contribution in [1.82, 2.24) is 4.90 Å². The van der Waals surface area contributed by atoms with Crippen molar-refractivity contribution < 1.29 is 4.29 Å². The smallest absolute Gasteiger partial charge is 0.0810 e. The average Bonchev–Trinajstić information content (AvgIpc) is 3.16. The molecule has 3 unspecified atom stereocenters. The Morgan fingerprint density at radius 1 is 1.44 bits per heavy atom. The Morgan fingerprint density at radius 2 is 2.28 bits per heavy atom. The van der Waals surface area contributed by atoms with Crippen LogP contribution in [-0.4, -0.2) is 36.3 Å². The molecule has 0 aromatic carbocycles. The fraction of sp³-hybridized carbons (Fsp3) is 0.786. The number of hydrogen-bond acceptors (Lipinski definition) is 3. The molecule has 2 aliphatic carbocycles. The highest BCUT2D eigenvalue weighted by molar-refractivity contribution is 6.07. The van der Waals surface area contributed by atoms with E-state index in [-0.39, 0.29) is 0 Å². The summed E-state index contributed by atoms with van der Waals surface area (Å²) in [5, 5.41) is 0. The van der Waals surface area contributed by atoms with Gasteiger partial charge in [0.15, 0.2) is 0 Å². The number of halogens is 1. The second-order valence-corrected chi connectivity index (χ2v) is 5.86. The van der Waals surface area contributed by atoms with Crippen LogP contribution in [0.5, 0.6) is 0 Å². The summed E-state index contributed by atoms with van der Waals surface area (Å²) in [5.74, 6) is 0.860. The van der Waals surface area contributed by atoms with Gasteiger partial charge in [0.25, 0.3) is 0 Å². The number of fused-ring (bicyclic) bond motifs is 1. The molecule has 0 radical (unpaired) electrons. The molecular formula is C14H21ClN2O. The fourth-order valence-electron chi connectivity index (χ4n) is 3.54. The number of rotatable bonds is 5. The van der Waals surface area contributed by atoms with Crippen LogP contribution in [0.4, 0.5) is 0 Å². The molecule has 4 heteroatoms. The molecule has 18 heavy (non-hydrogen) atoms. The van der Waals surface area contributed by atoms with Crippen LogP contribution in [0, 0.1) is 5.92 Å². The lowest BCUT2D eigenvalue weighted by atomic mass is 9.85. The quantitative estimate of drug-likeness (QED) is 0.716. The lowest BCUT2D eigenvalue weighted by Gasteiger charge is -2.32. The number of hydrogen-bond donors (Lipinski definition) is 0. The van der Waals surface area contributed by atoms with Gasteiger partial charge in [-0.15, -0.1) is 0 Å². The van der Waals surface area contributed by atoms with Crippen LogP contribution in [0.15, 0.2) is 16.8 Å². The highest BCUT2D eigenvalue weighted by Crippen LogP contribution is 2.39. The Morgan fingerprint density at radius 3 is 3.06 bits per heavy atom. The molecule has 0 bridgehead atoms. The van der Waals surface area contributed by atoms with Crippen molar-refractivity contribution in [2.45, 2.75) is 50.6 Å². The van der Waals surface area contributed by atoms with Crippen LogP contribution in [0.2, 0.25) is 0 Å². The summed E-state index contributed by atoms with van der Waals surface area (Å²) in [6, 6.07) is 1.22. The monoisotopic (exact) mass is 268 g/mol. The SMILES string of the molecule is ClOCCN1C(/C=N\C2=CC2)CC2CCCCC21. The van der Waals surface area contributed by atoms with E-state index in [1.165, 1.54) is 37.8 Å². The molecule has 0 N–H and O–H groups in total. The van der Waals surface area contributed by atoms with Crippen LogP contribution in [0.1, 0.15) is 38.5 Å². The molecule has 3 aliphatic rings. The van der Waals surface area contributed by atoms with E-state index < -0.39 is 0 Å². The van der Waals surface area contributed by atoms with Gasteiger partial charge in [0.05, 0.1) is 18.5 Å². The average molecular weight is 269 g/mol. The Balaban J connectivity index is 1.67. The van der Waals surface area contributed by atoms with Gasteiger partial charge in [0.2, 0.25) is 0 Å². The lowest BCUT2D eigenvalue weighted by Crippen LogP contribution is -2.41. The Kier molecular flexibility index (Phi) is 4.02. The highest BCUT2D eigenvalue weighted by atomic mass is 35.5. The van der Waals surface area contributed by atoms with Gasteiger partial charge in [-0.1, -0.05) is 18.9 Å². The number of allylic oxidation sites excluding steroid dienone is 2. The summed E-state index contributed by atoms with van der Waals surface area (Å²) in [5.41, 5.74) is 1.25. The standard InChI is InChI=1S/C14H21ClN2O/c15-18-8-7-17-13(10-16-12-5-6-12)9-11-3-1-2-4-14(11)17/h5,10-11,13-14H,1-4,6-9H2/b16-10-. The second-order valence-electron chi connectivity index (χ2n) is 5.64. The van der Waals surface area contributed by atoms with Crippen molar-refractivity contribution in [1.29, 1.82) is 0 Å². The van der Waals surface area contributed by atoms with Crippen LogP contribution in [-0.2, 0) is 4.29 Å². The Labute approximate surface area is 114 Å². The van der Waals surface area contributed by atoms with E-state index in [4.69, 9.17) is 16.2 Å². The minimum absolute atomic E-state index is 0.492. The Hall–Kier alpha value is -0.380. The molecule has 0 aromatic rings. The maximum atomic E-state index is 5.37. The van der Waals surface area contributed by atoms with Crippen molar-refractivity contribution in [2.24, 2.45) is 10.9 Å². The summed E-state index contributed by atoms with van der Waals surface area (Å²) in [4.78, 5) is 7.12. The number of nitrogens with zero attached hydrogens (tertiary/aromatic N) is 2. The predicted molar refractivity (Wildman–Crippen MR) is 73.9 cm³/mol. The molecule has 1 saturated carbocycles. The summed E-state index contributed by atoms with van der Waals surface area (Å²) < 4.78 is 4.74. The molecule has 1 saturated heterocycles. The molecular weight excluding hydrogens is 248 g/mol. The molecule has 2 fully saturated rings.